The fourth-order valence-electron chi connectivity index (χ4n) is 3.42. The minimum Gasteiger partial charge on any atom is -0.618 e. The molecule has 0 bridgehead atoms. The second-order valence-electron chi connectivity index (χ2n) is 6.89. The molecule has 4 aromatic heterocycles. The smallest absolute Gasteiger partial charge is 0.243 e. The Morgan fingerprint density at radius 1 is 1.41 bits per heavy atom. The topological polar surface area (TPSA) is 105 Å². The molecule has 29 heavy (non-hydrogen) atoms. The van der Waals surface area contributed by atoms with Crippen molar-refractivity contribution in [3.05, 3.63) is 46.5 Å². The van der Waals surface area contributed by atoms with E-state index in [2.05, 4.69) is 15.0 Å². The molecular formula is C19H17ClN6O2S. The van der Waals surface area contributed by atoms with Crippen LogP contribution < -0.4 is 9.63 Å². The molecule has 1 fully saturated rings. The summed E-state index contributed by atoms with van der Waals surface area (Å²) >= 11 is 7.89. The molecule has 1 saturated heterocycles. The lowest BCUT2D eigenvalue weighted by molar-refractivity contribution is -0.577. The highest BCUT2D eigenvalue weighted by Gasteiger charge is 2.30. The maximum absolute atomic E-state index is 12.0. The number of pyridine rings is 2. The fourth-order valence-corrected chi connectivity index (χ4v) is 4.53. The lowest BCUT2D eigenvalue weighted by Gasteiger charge is -2.37. The van der Waals surface area contributed by atoms with Gasteiger partial charge in [0.2, 0.25) is 5.52 Å². The molecule has 148 valence electrons. The average Bonchev–Trinajstić information content (AvgIpc) is 3.01. The second-order valence-corrected chi connectivity index (χ2v) is 8.31. The number of hydrogen-bond acceptors (Lipinski definition) is 7. The van der Waals surface area contributed by atoms with Gasteiger partial charge in [0.15, 0.2) is 11.4 Å². The zero-order chi connectivity index (χ0) is 20.1. The molecule has 0 radical (unpaired) electrons. The number of nitrogens with zero attached hydrogens (tertiary/aromatic N) is 5. The molecule has 0 amide bonds. The minimum atomic E-state index is -0.364. The van der Waals surface area contributed by atoms with Crippen molar-refractivity contribution in [2.45, 2.75) is 29.5 Å². The summed E-state index contributed by atoms with van der Waals surface area (Å²) in [6, 6.07) is 5.24. The first-order valence-electron chi connectivity index (χ1n) is 9.20. The lowest BCUT2D eigenvalue weighted by Crippen LogP contribution is -2.51. The van der Waals surface area contributed by atoms with Crippen LogP contribution in [0.3, 0.4) is 0 Å². The zero-order valence-electron chi connectivity index (χ0n) is 15.5. The van der Waals surface area contributed by atoms with Gasteiger partial charge < -0.3 is 20.2 Å². The van der Waals surface area contributed by atoms with Gasteiger partial charge in [-0.2, -0.15) is 4.73 Å². The van der Waals surface area contributed by atoms with Crippen LogP contribution in [-0.2, 0) is 6.42 Å². The molecule has 2 N–H and O–H groups in total. The van der Waals surface area contributed by atoms with Gasteiger partial charge >= 0.3 is 0 Å². The highest BCUT2D eigenvalue weighted by atomic mass is 35.5. The number of nitrogens with one attached hydrogen (secondary N) is 1. The Morgan fingerprint density at radius 3 is 3.00 bits per heavy atom. The number of halogens is 1. The number of hydrogen-bond donors (Lipinski definition) is 2. The van der Waals surface area contributed by atoms with Crippen molar-refractivity contribution >= 4 is 51.2 Å². The Kier molecular flexibility index (Phi) is 4.45. The van der Waals surface area contributed by atoms with Crippen molar-refractivity contribution in [2.75, 3.05) is 18.0 Å². The summed E-state index contributed by atoms with van der Waals surface area (Å²) in [6.45, 7) is 3.03. The number of β-amino-alcohol motifs (C(OH)–C–C–N with tert-alkyl or cyclic N) is 1. The Bertz CT molecular complexity index is 1240. The number of aliphatic hydroxyl groups is 1. The van der Waals surface area contributed by atoms with E-state index in [1.165, 1.54) is 18.0 Å². The summed E-state index contributed by atoms with van der Waals surface area (Å²) in [6.07, 6.45) is 3.53. The van der Waals surface area contributed by atoms with E-state index in [-0.39, 0.29) is 6.10 Å². The van der Waals surface area contributed by atoms with E-state index in [4.69, 9.17) is 16.6 Å². The summed E-state index contributed by atoms with van der Waals surface area (Å²) in [7, 11) is 0. The Balaban J connectivity index is 1.59. The third kappa shape index (κ3) is 3.15. The Labute approximate surface area is 175 Å². The van der Waals surface area contributed by atoms with Gasteiger partial charge in [-0.05, 0) is 24.2 Å². The first-order chi connectivity index (χ1) is 14.0. The van der Waals surface area contributed by atoms with Crippen molar-refractivity contribution in [1.29, 1.82) is 0 Å². The molecule has 0 spiro atoms. The van der Waals surface area contributed by atoms with Crippen LogP contribution in [-0.4, -0.2) is 44.2 Å². The second kappa shape index (κ2) is 7.01. The SMILES string of the molecule is CCc1[nH]c2nc(Sc3cnc4ccc[n+]([O-])c4c3)nc(N3CC(O)C3)c2c1Cl. The maximum atomic E-state index is 12.0. The molecule has 5 rings (SSSR count). The number of aromatic amines is 1. The summed E-state index contributed by atoms with van der Waals surface area (Å²) in [4.78, 5) is 19.7. The first kappa shape index (κ1) is 18.4. The Morgan fingerprint density at radius 2 is 2.24 bits per heavy atom. The third-order valence-corrected chi connectivity index (χ3v) is 6.17. The van der Waals surface area contributed by atoms with E-state index in [0.717, 1.165) is 27.1 Å². The highest BCUT2D eigenvalue weighted by Crippen LogP contribution is 2.38. The van der Waals surface area contributed by atoms with Crippen LogP contribution in [0.25, 0.3) is 22.1 Å². The van der Waals surface area contributed by atoms with Crippen LogP contribution in [0.4, 0.5) is 5.82 Å². The molecule has 0 aromatic carbocycles. The van der Waals surface area contributed by atoms with Crippen molar-refractivity contribution in [3.63, 3.8) is 0 Å². The molecular weight excluding hydrogens is 412 g/mol. The van der Waals surface area contributed by atoms with Crippen molar-refractivity contribution in [3.8, 4) is 0 Å². The number of aryl methyl sites for hydroxylation is 1. The molecule has 1 aliphatic rings. The standard InChI is InChI=1S/C19H17ClN6O2S/c1-2-12-16(20)15-17(22-12)23-19(24-18(15)25-8-10(27)9-25)29-11-6-14-13(21-7-11)4-3-5-26(14)28/h3-7,10,27H,2,8-9H2,1H3,(H,22,23,24). The van der Waals surface area contributed by atoms with Gasteiger partial charge in [0, 0.05) is 42.0 Å². The molecule has 0 aliphatic carbocycles. The van der Waals surface area contributed by atoms with E-state index in [1.54, 1.807) is 24.4 Å². The quantitative estimate of drug-likeness (QED) is 0.292. The number of H-pyrrole nitrogens is 1. The average molecular weight is 429 g/mol. The van der Waals surface area contributed by atoms with Gasteiger partial charge in [0.1, 0.15) is 17.0 Å². The molecule has 5 heterocycles. The van der Waals surface area contributed by atoms with Gasteiger partial charge in [-0.25, -0.2) is 15.0 Å². The predicted octanol–water partition coefficient (Wildman–Crippen LogP) is 2.69. The monoisotopic (exact) mass is 428 g/mol. The maximum Gasteiger partial charge on any atom is 0.243 e. The summed E-state index contributed by atoms with van der Waals surface area (Å²) in [5.74, 6) is 0.705. The Hall–Kier alpha value is -2.62. The molecule has 0 saturated carbocycles. The van der Waals surface area contributed by atoms with Gasteiger partial charge in [0.05, 0.1) is 16.5 Å². The number of fused-ring (bicyclic) bond motifs is 2. The summed E-state index contributed by atoms with van der Waals surface area (Å²) in [5, 5.41) is 23.7. The largest absolute Gasteiger partial charge is 0.618 e. The molecule has 1 aliphatic heterocycles. The van der Waals surface area contributed by atoms with E-state index >= 15 is 0 Å². The number of aliphatic hydroxyl groups excluding tert-OH is 1. The molecule has 4 aromatic rings. The van der Waals surface area contributed by atoms with Crippen LogP contribution in [0.5, 0.6) is 0 Å². The van der Waals surface area contributed by atoms with Crippen molar-refractivity contribution in [2.24, 2.45) is 0 Å². The fraction of sp³-hybridized carbons (Fsp3) is 0.263. The van der Waals surface area contributed by atoms with Crippen LogP contribution in [0.1, 0.15) is 12.6 Å². The number of aromatic nitrogens is 5. The van der Waals surface area contributed by atoms with Crippen LogP contribution in [0, 0.1) is 5.21 Å². The minimum absolute atomic E-state index is 0.364. The van der Waals surface area contributed by atoms with Crippen molar-refractivity contribution < 1.29 is 9.84 Å². The summed E-state index contributed by atoms with van der Waals surface area (Å²) < 4.78 is 0.793. The third-order valence-electron chi connectivity index (χ3n) is 4.93. The van der Waals surface area contributed by atoms with Crippen LogP contribution in [0.2, 0.25) is 5.02 Å². The van der Waals surface area contributed by atoms with E-state index in [0.29, 0.717) is 45.8 Å². The number of anilines is 1. The van der Waals surface area contributed by atoms with Gasteiger partial charge in [-0.15, -0.1) is 0 Å². The van der Waals surface area contributed by atoms with Gasteiger partial charge in [0.25, 0.3) is 0 Å². The lowest BCUT2D eigenvalue weighted by atomic mass is 10.1. The highest BCUT2D eigenvalue weighted by molar-refractivity contribution is 7.99. The normalized spacial score (nSPS) is 14.7. The van der Waals surface area contributed by atoms with Crippen LogP contribution in [0.15, 0.2) is 40.6 Å². The van der Waals surface area contributed by atoms with Crippen LogP contribution >= 0.6 is 23.4 Å². The van der Waals surface area contributed by atoms with E-state index in [9.17, 15) is 10.3 Å². The molecule has 0 atom stereocenters. The zero-order valence-corrected chi connectivity index (χ0v) is 17.0. The van der Waals surface area contributed by atoms with E-state index in [1.807, 2.05) is 11.8 Å². The molecule has 8 nitrogen and oxygen atoms in total. The molecule has 0 unspecified atom stereocenters. The first-order valence-corrected chi connectivity index (χ1v) is 10.4. The van der Waals surface area contributed by atoms with Gasteiger partial charge in [-0.3, -0.25) is 0 Å². The predicted molar refractivity (Wildman–Crippen MR) is 111 cm³/mol. The molecule has 10 heteroatoms. The summed E-state index contributed by atoms with van der Waals surface area (Å²) in [5.41, 5.74) is 2.68. The van der Waals surface area contributed by atoms with Crippen molar-refractivity contribution in [1.82, 2.24) is 19.9 Å². The van der Waals surface area contributed by atoms with Gasteiger partial charge in [-0.1, -0.05) is 18.5 Å². The number of rotatable bonds is 4. The van der Waals surface area contributed by atoms with E-state index < -0.39 is 0 Å².